The zero-order chi connectivity index (χ0) is 12.3. The van der Waals surface area contributed by atoms with E-state index in [1.54, 1.807) is 0 Å². The van der Waals surface area contributed by atoms with Crippen molar-refractivity contribution >= 4 is 31.9 Å². The zero-order valence-corrected chi connectivity index (χ0v) is 12.6. The van der Waals surface area contributed by atoms with Crippen LogP contribution in [0.1, 0.15) is 11.1 Å². The van der Waals surface area contributed by atoms with E-state index in [9.17, 15) is 0 Å². The molecule has 17 heavy (non-hydrogen) atoms. The fourth-order valence-electron chi connectivity index (χ4n) is 1.56. The van der Waals surface area contributed by atoms with Gasteiger partial charge in [-0.2, -0.15) is 0 Å². The molecule has 88 valence electrons. The Morgan fingerprint density at radius 1 is 1.06 bits per heavy atom. The Kier molecular flexibility index (Phi) is 4.24. The monoisotopic (exact) mass is 354 g/mol. The minimum atomic E-state index is 0.835. The molecule has 0 fully saturated rings. The van der Waals surface area contributed by atoms with Crippen LogP contribution < -0.4 is 4.74 Å². The summed E-state index contributed by atoms with van der Waals surface area (Å²) in [4.78, 5) is 0. The summed E-state index contributed by atoms with van der Waals surface area (Å²) in [6, 6.07) is 14.0. The molecular formula is C14H12Br2O. The van der Waals surface area contributed by atoms with Crippen molar-refractivity contribution in [3.05, 3.63) is 58.1 Å². The number of benzene rings is 2. The van der Waals surface area contributed by atoms with Gasteiger partial charge in [-0.25, -0.2) is 0 Å². The van der Waals surface area contributed by atoms with E-state index in [-0.39, 0.29) is 0 Å². The Labute approximate surface area is 118 Å². The van der Waals surface area contributed by atoms with Gasteiger partial charge < -0.3 is 4.74 Å². The normalized spacial score (nSPS) is 10.3. The highest BCUT2D eigenvalue weighted by Gasteiger charge is 2.04. The van der Waals surface area contributed by atoms with Gasteiger partial charge in [-0.15, -0.1) is 0 Å². The number of hydrogen-bond acceptors (Lipinski definition) is 1. The first-order valence-electron chi connectivity index (χ1n) is 5.28. The van der Waals surface area contributed by atoms with Gasteiger partial charge in [-0.3, -0.25) is 0 Å². The van der Waals surface area contributed by atoms with Gasteiger partial charge in [0.25, 0.3) is 0 Å². The summed E-state index contributed by atoms with van der Waals surface area (Å²) < 4.78 is 6.84. The SMILES string of the molecule is Cc1cc(CBr)ccc1Oc1ccccc1Br. The van der Waals surface area contributed by atoms with Gasteiger partial charge in [0.1, 0.15) is 11.5 Å². The van der Waals surface area contributed by atoms with Crippen LogP contribution in [0.25, 0.3) is 0 Å². The maximum absolute atomic E-state index is 5.88. The lowest BCUT2D eigenvalue weighted by Gasteiger charge is -2.10. The number of ether oxygens (including phenoxy) is 1. The van der Waals surface area contributed by atoms with Gasteiger partial charge in [0.2, 0.25) is 0 Å². The molecule has 0 heterocycles. The minimum Gasteiger partial charge on any atom is -0.456 e. The molecule has 0 N–H and O–H groups in total. The van der Waals surface area contributed by atoms with Gasteiger partial charge in [0, 0.05) is 5.33 Å². The quantitative estimate of drug-likeness (QED) is 0.665. The molecule has 1 nitrogen and oxygen atoms in total. The van der Waals surface area contributed by atoms with Gasteiger partial charge in [-0.05, 0) is 52.2 Å². The molecule has 0 aliphatic rings. The molecule has 0 unspecified atom stereocenters. The molecule has 0 aliphatic heterocycles. The van der Waals surface area contributed by atoms with Crippen molar-refractivity contribution in [2.45, 2.75) is 12.3 Å². The smallest absolute Gasteiger partial charge is 0.141 e. The average Bonchev–Trinajstić information content (AvgIpc) is 2.34. The van der Waals surface area contributed by atoms with Crippen molar-refractivity contribution in [2.75, 3.05) is 0 Å². The van der Waals surface area contributed by atoms with E-state index >= 15 is 0 Å². The Morgan fingerprint density at radius 2 is 1.82 bits per heavy atom. The lowest BCUT2D eigenvalue weighted by molar-refractivity contribution is 0.476. The van der Waals surface area contributed by atoms with E-state index in [1.807, 2.05) is 30.3 Å². The highest BCUT2D eigenvalue weighted by atomic mass is 79.9. The first-order chi connectivity index (χ1) is 8.20. The topological polar surface area (TPSA) is 9.23 Å². The molecule has 2 rings (SSSR count). The van der Waals surface area contributed by atoms with Crippen LogP contribution in [0.2, 0.25) is 0 Å². The third-order valence-corrected chi connectivity index (χ3v) is 3.75. The first kappa shape index (κ1) is 12.7. The standard InChI is InChI=1S/C14H12Br2O/c1-10-8-11(9-15)6-7-13(10)17-14-5-3-2-4-12(14)16/h2-8H,9H2,1H3. The van der Waals surface area contributed by atoms with Gasteiger partial charge >= 0.3 is 0 Å². The number of rotatable bonds is 3. The lowest BCUT2D eigenvalue weighted by Crippen LogP contribution is -1.89. The predicted molar refractivity (Wildman–Crippen MR) is 78.0 cm³/mol. The van der Waals surface area contributed by atoms with E-state index in [2.05, 4.69) is 50.9 Å². The second-order valence-corrected chi connectivity index (χ2v) is 5.18. The summed E-state index contributed by atoms with van der Waals surface area (Å²) in [7, 11) is 0. The first-order valence-corrected chi connectivity index (χ1v) is 7.20. The van der Waals surface area contributed by atoms with Gasteiger partial charge in [-0.1, -0.05) is 40.2 Å². The van der Waals surface area contributed by atoms with E-state index < -0.39 is 0 Å². The van der Waals surface area contributed by atoms with E-state index in [0.29, 0.717) is 0 Å². The van der Waals surface area contributed by atoms with Gasteiger partial charge in [0.15, 0.2) is 0 Å². The molecule has 0 saturated carbocycles. The maximum Gasteiger partial charge on any atom is 0.141 e. The summed E-state index contributed by atoms with van der Waals surface area (Å²) in [5.41, 5.74) is 2.39. The molecule has 0 spiro atoms. The number of alkyl halides is 1. The maximum atomic E-state index is 5.88. The number of para-hydroxylation sites is 1. The minimum absolute atomic E-state index is 0.835. The van der Waals surface area contributed by atoms with Crippen molar-refractivity contribution in [1.29, 1.82) is 0 Å². The molecule has 0 atom stereocenters. The molecular weight excluding hydrogens is 344 g/mol. The summed E-state index contributed by atoms with van der Waals surface area (Å²) in [6.45, 7) is 2.05. The number of hydrogen-bond donors (Lipinski definition) is 0. The van der Waals surface area contributed by atoms with Crippen LogP contribution in [0.5, 0.6) is 11.5 Å². The predicted octanol–water partition coefficient (Wildman–Crippen LogP) is 5.44. The summed E-state index contributed by atoms with van der Waals surface area (Å²) in [5.74, 6) is 1.73. The summed E-state index contributed by atoms with van der Waals surface area (Å²) in [6.07, 6.45) is 0. The molecule has 0 amide bonds. The van der Waals surface area contributed by atoms with Crippen molar-refractivity contribution in [3.8, 4) is 11.5 Å². The van der Waals surface area contributed by atoms with Crippen molar-refractivity contribution in [2.24, 2.45) is 0 Å². The fraction of sp³-hybridized carbons (Fsp3) is 0.143. The van der Waals surface area contributed by atoms with Crippen LogP contribution in [-0.2, 0) is 5.33 Å². The highest BCUT2D eigenvalue weighted by molar-refractivity contribution is 9.10. The van der Waals surface area contributed by atoms with Crippen molar-refractivity contribution in [1.82, 2.24) is 0 Å². The Morgan fingerprint density at radius 3 is 2.47 bits per heavy atom. The Hall–Kier alpha value is -0.800. The van der Waals surface area contributed by atoms with Crippen LogP contribution in [0, 0.1) is 6.92 Å². The lowest BCUT2D eigenvalue weighted by atomic mass is 10.1. The zero-order valence-electron chi connectivity index (χ0n) is 9.41. The molecule has 2 aromatic rings. The second-order valence-electron chi connectivity index (χ2n) is 3.77. The van der Waals surface area contributed by atoms with E-state index in [0.717, 1.165) is 26.9 Å². The summed E-state index contributed by atoms with van der Waals surface area (Å²) in [5, 5.41) is 0.864. The average molecular weight is 356 g/mol. The highest BCUT2D eigenvalue weighted by Crippen LogP contribution is 2.31. The molecule has 0 saturated heterocycles. The molecule has 0 aromatic heterocycles. The van der Waals surface area contributed by atoms with Crippen molar-refractivity contribution in [3.63, 3.8) is 0 Å². The third-order valence-electron chi connectivity index (χ3n) is 2.45. The Bertz CT molecular complexity index is 523. The van der Waals surface area contributed by atoms with Crippen LogP contribution in [0.15, 0.2) is 46.9 Å². The molecule has 2 aromatic carbocycles. The second kappa shape index (κ2) is 5.69. The van der Waals surface area contributed by atoms with Crippen molar-refractivity contribution < 1.29 is 4.74 Å². The van der Waals surface area contributed by atoms with E-state index in [1.165, 1.54) is 5.56 Å². The largest absolute Gasteiger partial charge is 0.456 e. The van der Waals surface area contributed by atoms with Crippen LogP contribution >= 0.6 is 31.9 Å². The molecule has 0 radical (unpaired) electrons. The third kappa shape index (κ3) is 3.11. The Balaban J connectivity index is 2.28. The molecule has 0 bridgehead atoms. The number of halogens is 2. The van der Waals surface area contributed by atoms with Crippen LogP contribution in [0.4, 0.5) is 0 Å². The molecule has 0 aliphatic carbocycles. The summed E-state index contributed by atoms with van der Waals surface area (Å²) >= 11 is 6.92. The van der Waals surface area contributed by atoms with Gasteiger partial charge in [0.05, 0.1) is 4.47 Å². The number of aryl methyl sites for hydroxylation is 1. The van der Waals surface area contributed by atoms with Crippen LogP contribution in [0.3, 0.4) is 0 Å². The van der Waals surface area contributed by atoms with E-state index in [4.69, 9.17) is 4.74 Å². The molecule has 3 heteroatoms. The van der Waals surface area contributed by atoms with Crippen LogP contribution in [-0.4, -0.2) is 0 Å². The fourth-order valence-corrected chi connectivity index (χ4v) is 2.27.